The van der Waals surface area contributed by atoms with Crippen LogP contribution in [0.15, 0.2) is 35.1 Å². The van der Waals surface area contributed by atoms with Gasteiger partial charge < -0.3 is 0 Å². The number of aryl methyl sites for hydroxylation is 1. The van der Waals surface area contributed by atoms with Crippen LogP contribution in [0.5, 0.6) is 0 Å². The van der Waals surface area contributed by atoms with Crippen LogP contribution in [0.25, 0.3) is 5.57 Å². The number of hydrogen-bond acceptors (Lipinski definition) is 3. The Balaban J connectivity index is 2.83. The van der Waals surface area contributed by atoms with E-state index in [1.807, 2.05) is 26.2 Å². The standard InChI is InChI=1S/C12H15NS2/c1-5-11(7-6-10(3)14-4)12-13-9(2)8-15-12/h5-8H,3H2,1-2,4H3/b7-6-,11-5+. The molecule has 1 aromatic heterocycles. The zero-order valence-corrected chi connectivity index (χ0v) is 10.9. The van der Waals surface area contributed by atoms with Gasteiger partial charge >= 0.3 is 0 Å². The number of thioether (sulfide) groups is 1. The first-order valence-electron chi connectivity index (χ1n) is 4.67. The second-order valence-electron chi connectivity index (χ2n) is 3.04. The summed E-state index contributed by atoms with van der Waals surface area (Å²) in [7, 11) is 0. The lowest BCUT2D eigenvalue weighted by Crippen LogP contribution is -1.79. The van der Waals surface area contributed by atoms with Gasteiger partial charge in [0, 0.05) is 16.6 Å². The molecule has 3 heteroatoms. The Bertz CT molecular complexity index is 400. The molecule has 0 aliphatic carbocycles. The summed E-state index contributed by atoms with van der Waals surface area (Å²) in [5.74, 6) is 0. The average molecular weight is 237 g/mol. The van der Waals surface area contributed by atoms with Gasteiger partial charge in [0.1, 0.15) is 5.01 Å². The van der Waals surface area contributed by atoms with Gasteiger partial charge in [-0.05, 0) is 31.1 Å². The van der Waals surface area contributed by atoms with Gasteiger partial charge in [-0.15, -0.1) is 23.1 Å². The van der Waals surface area contributed by atoms with E-state index in [0.717, 1.165) is 21.2 Å². The molecule has 1 nitrogen and oxygen atoms in total. The fraction of sp³-hybridized carbons (Fsp3) is 0.250. The Morgan fingerprint density at radius 2 is 2.27 bits per heavy atom. The van der Waals surface area contributed by atoms with Crippen LogP contribution in [0.2, 0.25) is 0 Å². The van der Waals surface area contributed by atoms with Gasteiger partial charge in [-0.25, -0.2) is 4.98 Å². The van der Waals surface area contributed by atoms with Crippen molar-refractivity contribution in [1.29, 1.82) is 0 Å². The molecule has 0 aliphatic rings. The molecular formula is C12H15NS2. The fourth-order valence-corrected chi connectivity index (χ4v) is 2.09. The van der Waals surface area contributed by atoms with Crippen LogP contribution in [0.4, 0.5) is 0 Å². The van der Waals surface area contributed by atoms with Gasteiger partial charge in [-0.3, -0.25) is 0 Å². The van der Waals surface area contributed by atoms with Gasteiger partial charge in [0.25, 0.3) is 0 Å². The molecule has 1 aromatic rings. The third-order valence-electron chi connectivity index (χ3n) is 1.89. The largest absolute Gasteiger partial charge is 0.241 e. The summed E-state index contributed by atoms with van der Waals surface area (Å²) in [4.78, 5) is 5.51. The molecule has 15 heavy (non-hydrogen) atoms. The quantitative estimate of drug-likeness (QED) is 0.725. The zero-order valence-electron chi connectivity index (χ0n) is 9.28. The van der Waals surface area contributed by atoms with Crippen molar-refractivity contribution < 1.29 is 0 Å². The predicted molar refractivity (Wildman–Crippen MR) is 72.3 cm³/mol. The minimum Gasteiger partial charge on any atom is -0.241 e. The van der Waals surface area contributed by atoms with Gasteiger partial charge in [0.15, 0.2) is 0 Å². The lowest BCUT2D eigenvalue weighted by Gasteiger charge is -1.96. The Morgan fingerprint density at radius 3 is 2.73 bits per heavy atom. The predicted octanol–water partition coefficient (Wildman–Crippen LogP) is 4.29. The molecule has 0 bridgehead atoms. The first-order chi connectivity index (χ1) is 7.17. The summed E-state index contributed by atoms with van der Waals surface area (Å²) in [6, 6.07) is 0. The molecule has 0 saturated heterocycles. The van der Waals surface area contributed by atoms with Crippen LogP contribution in [-0.4, -0.2) is 11.2 Å². The van der Waals surface area contributed by atoms with E-state index in [1.165, 1.54) is 0 Å². The van der Waals surface area contributed by atoms with Crippen LogP contribution in [0.3, 0.4) is 0 Å². The van der Waals surface area contributed by atoms with Crippen molar-refractivity contribution in [2.24, 2.45) is 0 Å². The second kappa shape index (κ2) is 5.93. The minimum atomic E-state index is 1.06. The van der Waals surface area contributed by atoms with Crippen molar-refractivity contribution in [1.82, 2.24) is 4.98 Å². The van der Waals surface area contributed by atoms with Crippen LogP contribution in [0.1, 0.15) is 17.6 Å². The highest BCUT2D eigenvalue weighted by Gasteiger charge is 2.01. The SMILES string of the molecule is C=C(/C=C\C(=C/C)c1nc(C)cs1)SC. The number of rotatable bonds is 4. The van der Waals surface area contributed by atoms with Crippen molar-refractivity contribution in [3.05, 3.63) is 45.8 Å². The topological polar surface area (TPSA) is 12.9 Å². The highest BCUT2D eigenvalue weighted by molar-refractivity contribution is 8.02. The fourth-order valence-electron chi connectivity index (χ4n) is 1.03. The summed E-state index contributed by atoms with van der Waals surface area (Å²) in [5.41, 5.74) is 2.23. The smallest absolute Gasteiger partial charge is 0.123 e. The molecule has 0 atom stereocenters. The second-order valence-corrected chi connectivity index (χ2v) is 4.83. The number of aromatic nitrogens is 1. The molecule has 1 heterocycles. The summed E-state index contributed by atoms with van der Waals surface area (Å²) in [6.45, 7) is 7.95. The monoisotopic (exact) mass is 237 g/mol. The molecule has 0 aliphatic heterocycles. The van der Waals surface area contributed by atoms with Crippen molar-refractivity contribution in [3.8, 4) is 0 Å². The highest BCUT2D eigenvalue weighted by Crippen LogP contribution is 2.21. The van der Waals surface area contributed by atoms with E-state index in [2.05, 4.69) is 29.1 Å². The van der Waals surface area contributed by atoms with E-state index in [0.29, 0.717) is 0 Å². The molecule has 0 unspecified atom stereocenters. The lowest BCUT2D eigenvalue weighted by molar-refractivity contribution is 1.24. The summed E-state index contributed by atoms with van der Waals surface area (Å²) in [6.07, 6.45) is 8.19. The molecule has 1 rings (SSSR count). The Hall–Kier alpha value is -0.800. The number of allylic oxidation sites excluding steroid dienone is 4. The van der Waals surface area contributed by atoms with Crippen LogP contribution in [-0.2, 0) is 0 Å². The maximum atomic E-state index is 4.45. The molecule has 0 saturated carbocycles. The summed E-state index contributed by atoms with van der Waals surface area (Å²) in [5, 5.41) is 3.14. The molecule has 0 fully saturated rings. The molecule has 0 N–H and O–H groups in total. The van der Waals surface area contributed by atoms with Gasteiger partial charge in [0.05, 0.1) is 0 Å². The van der Waals surface area contributed by atoms with E-state index < -0.39 is 0 Å². The third-order valence-corrected chi connectivity index (χ3v) is 3.56. The Labute approximate surface area is 99.6 Å². The van der Waals surface area contributed by atoms with E-state index in [4.69, 9.17) is 0 Å². The number of nitrogens with zero attached hydrogens (tertiary/aromatic N) is 1. The highest BCUT2D eigenvalue weighted by atomic mass is 32.2. The van der Waals surface area contributed by atoms with E-state index in [1.54, 1.807) is 23.1 Å². The first-order valence-corrected chi connectivity index (χ1v) is 6.77. The van der Waals surface area contributed by atoms with Crippen LogP contribution in [0, 0.1) is 6.92 Å². The zero-order chi connectivity index (χ0) is 11.3. The molecule has 0 spiro atoms. The van der Waals surface area contributed by atoms with Gasteiger partial charge in [0.2, 0.25) is 0 Å². The van der Waals surface area contributed by atoms with E-state index in [-0.39, 0.29) is 0 Å². The lowest BCUT2D eigenvalue weighted by atomic mass is 10.2. The number of thiazole rings is 1. The Kier molecular flexibility index (Phi) is 4.85. The molecule has 0 amide bonds. The number of hydrogen-bond donors (Lipinski definition) is 0. The molecule has 0 radical (unpaired) electrons. The summed E-state index contributed by atoms with van der Waals surface area (Å²) < 4.78 is 0. The molecule has 80 valence electrons. The van der Waals surface area contributed by atoms with Crippen molar-refractivity contribution in [3.63, 3.8) is 0 Å². The van der Waals surface area contributed by atoms with Crippen molar-refractivity contribution >= 4 is 28.7 Å². The van der Waals surface area contributed by atoms with Crippen LogP contribution >= 0.6 is 23.1 Å². The molecule has 0 aromatic carbocycles. The van der Waals surface area contributed by atoms with Gasteiger partial charge in [-0.2, -0.15) is 0 Å². The Morgan fingerprint density at radius 1 is 1.53 bits per heavy atom. The van der Waals surface area contributed by atoms with Crippen molar-refractivity contribution in [2.45, 2.75) is 13.8 Å². The maximum absolute atomic E-state index is 4.45. The normalized spacial score (nSPS) is 12.3. The average Bonchev–Trinajstić information content (AvgIpc) is 2.65. The maximum Gasteiger partial charge on any atom is 0.123 e. The minimum absolute atomic E-state index is 1.06. The molecular weight excluding hydrogens is 222 g/mol. The van der Waals surface area contributed by atoms with Gasteiger partial charge in [-0.1, -0.05) is 18.7 Å². The van der Waals surface area contributed by atoms with Crippen molar-refractivity contribution in [2.75, 3.05) is 6.26 Å². The third kappa shape index (κ3) is 3.68. The van der Waals surface area contributed by atoms with Crippen LogP contribution < -0.4 is 0 Å². The first kappa shape index (κ1) is 12.3. The van der Waals surface area contributed by atoms with E-state index in [9.17, 15) is 0 Å². The summed E-state index contributed by atoms with van der Waals surface area (Å²) >= 11 is 3.33. The van der Waals surface area contributed by atoms with E-state index >= 15 is 0 Å².